The van der Waals surface area contributed by atoms with Crippen molar-refractivity contribution in [2.75, 3.05) is 6.54 Å². The fraction of sp³-hybridized carbons (Fsp3) is 0.278. The zero-order valence-corrected chi connectivity index (χ0v) is 11.7. The molecule has 1 fully saturated rings. The minimum absolute atomic E-state index is 0.0813. The topological polar surface area (TPSA) is 43.1 Å². The Bertz CT molecular complexity index is 639. The molecular weight excluding hydrogens is 246 g/mol. The van der Waals surface area contributed by atoms with Gasteiger partial charge in [0.15, 0.2) is 5.78 Å². The number of aryl methyl sites for hydroxylation is 1. The lowest BCUT2D eigenvalue weighted by Crippen LogP contribution is -2.19. The molecule has 2 aromatic carbocycles. The van der Waals surface area contributed by atoms with Gasteiger partial charge >= 0.3 is 0 Å². The fourth-order valence-corrected chi connectivity index (χ4v) is 2.69. The highest BCUT2D eigenvalue weighted by Crippen LogP contribution is 2.47. The molecule has 0 amide bonds. The van der Waals surface area contributed by atoms with Gasteiger partial charge in [-0.1, -0.05) is 48.0 Å². The first kappa shape index (κ1) is 13.1. The normalized spacial score (nSPS) is 15.9. The molecule has 0 unspecified atom stereocenters. The van der Waals surface area contributed by atoms with Crippen molar-refractivity contribution in [3.8, 4) is 0 Å². The third-order valence-corrected chi connectivity index (χ3v) is 4.28. The Kier molecular flexibility index (Phi) is 3.19. The van der Waals surface area contributed by atoms with E-state index in [1.165, 1.54) is 5.56 Å². The number of ketones is 1. The number of carbonyl (C=O) groups excluding carboxylic acids is 1. The molecule has 0 radical (unpaired) electrons. The third kappa shape index (κ3) is 2.27. The lowest BCUT2D eigenvalue weighted by molar-refractivity contribution is 0.103. The van der Waals surface area contributed by atoms with Crippen molar-refractivity contribution in [2.24, 2.45) is 5.73 Å². The van der Waals surface area contributed by atoms with Crippen LogP contribution in [0.5, 0.6) is 0 Å². The summed E-state index contributed by atoms with van der Waals surface area (Å²) in [4.78, 5) is 12.4. The summed E-state index contributed by atoms with van der Waals surface area (Å²) in [5, 5.41) is 0. The number of carbonyl (C=O) groups is 1. The molecule has 0 saturated heterocycles. The van der Waals surface area contributed by atoms with E-state index in [0.29, 0.717) is 6.54 Å². The molecular formula is C18H19NO. The molecule has 2 N–H and O–H groups in total. The Labute approximate surface area is 119 Å². The average Bonchev–Trinajstić information content (AvgIpc) is 3.28. The van der Waals surface area contributed by atoms with Crippen molar-refractivity contribution < 1.29 is 4.79 Å². The van der Waals surface area contributed by atoms with Gasteiger partial charge in [0.05, 0.1) is 0 Å². The molecule has 2 heteroatoms. The minimum Gasteiger partial charge on any atom is -0.330 e. The van der Waals surface area contributed by atoms with E-state index in [9.17, 15) is 4.79 Å². The van der Waals surface area contributed by atoms with Crippen molar-refractivity contribution in [1.29, 1.82) is 0 Å². The molecule has 1 saturated carbocycles. The zero-order chi connectivity index (χ0) is 14.2. The molecule has 0 heterocycles. The SMILES string of the molecule is Cc1cccc(C(=O)c2ccc(C3(CN)CC3)cc2)c1. The number of hydrogen-bond donors (Lipinski definition) is 1. The van der Waals surface area contributed by atoms with Gasteiger partial charge in [0.2, 0.25) is 0 Å². The lowest BCUT2D eigenvalue weighted by atomic mass is 9.93. The van der Waals surface area contributed by atoms with E-state index in [-0.39, 0.29) is 11.2 Å². The summed E-state index contributed by atoms with van der Waals surface area (Å²) in [6.07, 6.45) is 2.32. The first-order chi connectivity index (χ1) is 9.64. The highest BCUT2D eigenvalue weighted by molar-refractivity contribution is 6.09. The number of rotatable bonds is 4. The van der Waals surface area contributed by atoms with E-state index in [0.717, 1.165) is 29.5 Å². The highest BCUT2D eigenvalue weighted by atomic mass is 16.1. The van der Waals surface area contributed by atoms with Crippen LogP contribution >= 0.6 is 0 Å². The van der Waals surface area contributed by atoms with E-state index in [4.69, 9.17) is 5.73 Å². The van der Waals surface area contributed by atoms with Crippen LogP contribution in [0.4, 0.5) is 0 Å². The van der Waals surface area contributed by atoms with Crippen molar-refractivity contribution in [3.05, 3.63) is 70.8 Å². The van der Waals surface area contributed by atoms with Gasteiger partial charge in [-0.15, -0.1) is 0 Å². The van der Waals surface area contributed by atoms with E-state index < -0.39 is 0 Å². The summed E-state index contributed by atoms with van der Waals surface area (Å²) in [6.45, 7) is 2.69. The molecule has 0 bridgehead atoms. The van der Waals surface area contributed by atoms with E-state index >= 15 is 0 Å². The molecule has 0 aliphatic heterocycles. The predicted octanol–water partition coefficient (Wildman–Crippen LogP) is 3.22. The maximum atomic E-state index is 12.4. The van der Waals surface area contributed by atoms with Crippen molar-refractivity contribution in [3.63, 3.8) is 0 Å². The summed E-state index contributed by atoms with van der Waals surface area (Å²) in [7, 11) is 0. The second kappa shape index (κ2) is 4.88. The first-order valence-electron chi connectivity index (χ1n) is 7.07. The molecule has 1 aliphatic carbocycles. The number of hydrogen-bond acceptors (Lipinski definition) is 2. The predicted molar refractivity (Wildman–Crippen MR) is 81.0 cm³/mol. The second-order valence-corrected chi connectivity index (χ2v) is 5.76. The molecule has 3 rings (SSSR count). The maximum Gasteiger partial charge on any atom is 0.193 e. The molecule has 0 spiro atoms. The van der Waals surface area contributed by atoms with Gasteiger partial charge in [0, 0.05) is 23.1 Å². The highest BCUT2D eigenvalue weighted by Gasteiger charge is 2.42. The fourth-order valence-electron chi connectivity index (χ4n) is 2.69. The summed E-state index contributed by atoms with van der Waals surface area (Å²) in [6, 6.07) is 15.7. The lowest BCUT2D eigenvalue weighted by Gasteiger charge is -2.13. The van der Waals surface area contributed by atoms with E-state index in [1.807, 2.05) is 43.3 Å². The zero-order valence-electron chi connectivity index (χ0n) is 11.7. The summed E-state index contributed by atoms with van der Waals surface area (Å²) >= 11 is 0. The number of benzene rings is 2. The molecule has 0 atom stereocenters. The van der Waals surface area contributed by atoms with Crippen LogP contribution in [0.25, 0.3) is 0 Å². The van der Waals surface area contributed by atoms with Crippen LogP contribution in [-0.4, -0.2) is 12.3 Å². The number of nitrogens with two attached hydrogens (primary N) is 1. The van der Waals surface area contributed by atoms with Crippen LogP contribution in [0.3, 0.4) is 0 Å². The monoisotopic (exact) mass is 265 g/mol. The summed E-state index contributed by atoms with van der Waals surface area (Å²) in [5.41, 5.74) is 9.88. The minimum atomic E-state index is 0.0813. The van der Waals surface area contributed by atoms with Crippen LogP contribution in [0, 0.1) is 6.92 Å². The Morgan fingerprint density at radius 2 is 1.80 bits per heavy atom. The largest absolute Gasteiger partial charge is 0.330 e. The maximum absolute atomic E-state index is 12.4. The van der Waals surface area contributed by atoms with Gasteiger partial charge in [-0.05, 0) is 31.4 Å². The summed E-state index contributed by atoms with van der Waals surface area (Å²) < 4.78 is 0. The Hall–Kier alpha value is -1.93. The van der Waals surface area contributed by atoms with Gasteiger partial charge in [-0.25, -0.2) is 0 Å². The Balaban J connectivity index is 1.86. The quantitative estimate of drug-likeness (QED) is 0.863. The Morgan fingerprint density at radius 1 is 1.10 bits per heavy atom. The van der Waals surface area contributed by atoms with Crippen molar-refractivity contribution in [1.82, 2.24) is 0 Å². The van der Waals surface area contributed by atoms with Crippen LogP contribution < -0.4 is 5.73 Å². The van der Waals surface area contributed by atoms with Crippen LogP contribution in [0.1, 0.15) is 39.9 Å². The van der Waals surface area contributed by atoms with Gasteiger partial charge < -0.3 is 5.73 Å². The van der Waals surface area contributed by atoms with Gasteiger partial charge in [0.25, 0.3) is 0 Å². The summed E-state index contributed by atoms with van der Waals surface area (Å²) in [5.74, 6) is 0.0813. The van der Waals surface area contributed by atoms with Gasteiger partial charge in [-0.3, -0.25) is 4.79 Å². The molecule has 102 valence electrons. The van der Waals surface area contributed by atoms with Crippen molar-refractivity contribution in [2.45, 2.75) is 25.2 Å². The molecule has 0 aromatic heterocycles. The molecule has 1 aliphatic rings. The van der Waals surface area contributed by atoms with Crippen LogP contribution in [-0.2, 0) is 5.41 Å². The molecule has 2 nitrogen and oxygen atoms in total. The Morgan fingerprint density at radius 3 is 2.35 bits per heavy atom. The average molecular weight is 265 g/mol. The third-order valence-electron chi connectivity index (χ3n) is 4.28. The van der Waals surface area contributed by atoms with E-state index in [2.05, 4.69) is 12.1 Å². The molecule has 20 heavy (non-hydrogen) atoms. The van der Waals surface area contributed by atoms with Gasteiger partial charge in [-0.2, -0.15) is 0 Å². The van der Waals surface area contributed by atoms with Crippen LogP contribution in [0.15, 0.2) is 48.5 Å². The standard InChI is InChI=1S/C18H19NO/c1-13-3-2-4-15(11-13)17(20)14-5-7-16(8-6-14)18(12-19)9-10-18/h2-8,11H,9-10,12,19H2,1H3. The van der Waals surface area contributed by atoms with Gasteiger partial charge in [0.1, 0.15) is 0 Å². The molecule has 2 aromatic rings. The van der Waals surface area contributed by atoms with Crippen molar-refractivity contribution >= 4 is 5.78 Å². The second-order valence-electron chi connectivity index (χ2n) is 5.76. The smallest absolute Gasteiger partial charge is 0.193 e. The van der Waals surface area contributed by atoms with Crippen LogP contribution in [0.2, 0.25) is 0 Å². The van der Waals surface area contributed by atoms with E-state index in [1.54, 1.807) is 0 Å². The first-order valence-corrected chi connectivity index (χ1v) is 7.07.